The number of ketones is 1. The van der Waals surface area contributed by atoms with E-state index in [0.29, 0.717) is 54.0 Å². The van der Waals surface area contributed by atoms with Crippen LogP contribution in [0.1, 0.15) is 64.4 Å². The molecule has 184 valence electrons. The van der Waals surface area contributed by atoms with Crippen LogP contribution in [0.4, 0.5) is 5.13 Å². The lowest BCUT2D eigenvalue weighted by molar-refractivity contribution is -0.131. The number of rotatable bonds is 8. The minimum absolute atomic E-state index is 0.0113. The zero-order valence-corrected chi connectivity index (χ0v) is 21.2. The van der Waals surface area contributed by atoms with Crippen molar-refractivity contribution in [1.29, 1.82) is 0 Å². The highest BCUT2D eigenvalue weighted by Crippen LogP contribution is 2.24. The molecule has 0 atom stereocenters. The fourth-order valence-electron chi connectivity index (χ4n) is 4.40. The third kappa shape index (κ3) is 6.25. The van der Waals surface area contributed by atoms with Gasteiger partial charge in [0.15, 0.2) is 10.9 Å². The number of anilines is 1. The molecule has 0 bridgehead atoms. The number of nitrogens with one attached hydrogen (secondary N) is 1. The molecule has 0 radical (unpaired) electrons. The van der Waals surface area contributed by atoms with Gasteiger partial charge in [0.2, 0.25) is 5.91 Å². The second kappa shape index (κ2) is 11.0. The third-order valence-corrected chi connectivity index (χ3v) is 7.12. The standard InChI is InChI=1S/C27H31N3O4S/c1-17(2)14-19-4-6-20(7-5-19)25(32)21-8-11-30(12-9-21)24(31)15-22-16-35-27(28-22)29-26(33)23-10-13-34-18(23)3/h4-7,10,13,16-17,21H,8-9,11-12,14-15H2,1-3H3,(H,28,29,33). The Morgan fingerprint density at radius 1 is 1.14 bits per heavy atom. The molecule has 1 saturated heterocycles. The molecule has 2 aromatic heterocycles. The molecule has 35 heavy (non-hydrogen) atoms. The number of benzene rings is 1. The maximum atomic E-state index is 12.9. The Kier molecular flexibility index (Phi) is 7.80. The van der Waals surface area contributed by atoms with Gasteiger partial charge in [-0.05, 0) is 43.7 Å². The summed E-state index contributed by atoms with van der Waals surface area (Å²) in [5.41, 5.74) is 3.09. The van der Waals surface area contributed by atoms with Gasteiger partial charge >= 0.3 is 0 Å². The largest absolute Gasteiger partial charge is 0.469 e. The van der Waals surface area contributed by atoms with Crippen LogP contribution in [0.5, 0.6) is 0 Å². The quantitative estimate of drug-likeness (QED) is 0.438. The average Bonchev–Trinajstić information content (AvgIpc) is 3.47. The van der Waals surface area contributed by atoms with Gasteiger partial charge in [-0.2, -0.15) is 0 Å². The molecule has 8 heteroatoms. The summed E-state index contributed by atoms with van der Waals surface area (Å²) in [6, 6.07) is 9.58. The van der Waals surface area contributed by atoms with E-state index in [1.54, 1.807) is 18.4 Å². The van der Waals surface area contributed by atoms with Crippen molar-refractivity contribution >= 4 is 34.1 Å². The van der Waals surface area contributed by atoms with E-state index in [4.69, 9.17) is 4.42 Å². The molecule has 0 spiro atoms. The van der Waals surface area contributed by atoms with Crippen molar-refractivity contribution < 1.29 is 18.8 Å². The number of hydrogen-bond acceptors (Lipinski definition) is 6. The van der Waals surface area contributed by atoms with E-state index in [1.807, 2.05) is 29.2 Å². The summed E-state index contributed by atoms with van der Waals surface area (Å²) in [5.74, 6) is 0.940. The van der Waals surface area contributed by atoms with Gasteiger partial charge in [0.1, 0.15) is 5.76 Å². The zero-order chi connectivity index (χ0) is 24.9. The van der Waals surface area contributed by atoms with E-state index in [9.17, 15) is 14.4 Å². The first-order valence-corrected chi connectivity index (χ1v) is 12.9. The summed E-state index contributed by atoms with van der Waals surface area (Å²) in [5, 5.41) is 4.98. The van der Waals surface area contributed by atoms with Crippen LogP contribution in [-0.4, -0.2) is 40.6 Å². The molecule has 7 nitrogen and oxygen atoms in total. The minimum atomic E-state index is -0.287. The summed E-state index contributed by atoms with van der Waals surface area (Å²) in [6.07, 6.45) is 3.98. The number of carbonyl (C=O) groups excluding carboxylic acids is 3. The number of carbonyl (C=O) groups is 3. The molecule has 0 saturated carbocycles. The first kappa shape index (κ1) is 24.9. The van der Waals surface area contributed by atoms with Crippen LogP contribution in [0, 0.1) is 18.8 Å². The Labute approximate surface area is 209 Å². The Hall–Kier alpha value is -3.26. The van der Waals surface area contributed by atoms with Gasteiger partial charge < -0.3 is 9.32 Å². The van der Waals surface area contributed by atoms with Gasteiger partial charge in [0, 0.05) is 30.0 Å². The summed E-state index contributed by atoms with van der Waals surface area (Å²) in [7, 11) is 0. The number of hydrogen-bond donors (Lipinski definition) is 1. The number of nitrogens with zero attached hydrogens (tertiary/aromatic N) is 2. The number of amides is 2. The van der Waals surface area contributed by atoms with E-state index in [1.165, 1.54) is 23.2 Å². The van der Waals surface area contributed by atoms with Crippen LogP contribution in [0.3, 0.4) is 0 Å². The van der Waals surface area contributed by atoms with Gasteiger partial charge in [-0.25, -0.2) is 4.98 Å². The highest BCUT2D eigenvalue weighted by atomic mass is 32.1. The van der Waals surface area contributed by atoms with E-state index >= 15 is 0 Å². The smallest absolute Gasteiger partial charge is 0.260 e. The molecule has 1 aliphatic rings. The summed E-state index contributed by atoms with van der Waals surface area (Å²) in [4.78, 5) is 44.3. The van der Waals surface area contributed by atoms with Crippen molar-refractivity contribution in [3.05, 3.63) is 70.1 Å². The lowest BCUT2D eigenvalue weighted by Gasteiger charge is -2.31. The molecular formula is C27H31N3O4S. The van der Waals surface area contributed by atoms with Crippen LogP contribution in [0.2, 0.25) is 0 Å². The molecule has 3 heterocycles. The normalized spacial score (nSPS) is 14.3. The topological polar surface area (TPSA) is 92.5 Å². The molecule has 0 aliphatic carbocycles. The van der Waals surface area contributed by atoms with E-state index in [-0.39, 0.29) is 29.9 Å². The van der Waals surface area contributed by atoms with Crippen molar-refractivity contribution in [3.63, 3.8) is 0 Å². The van der Waals surface area contributed by atoms with Crippen molar-refractivity contribution in [2.45, 2.75) is 46.5 Å². The van der Waals surface area contributed by atoms with E-state index < -0.39 is 0 Å². The van der Waals surface area contributed by atoms with Crippen LogP contribution < -0.4 is 5.32 Å². The molecule has 1 aliphatic heterocycles. The molecule has 1 aromatic carbocycles. The van der Waals surface area contributed by atoms with Crippen molar-refractivity contribution in [3.8, 4) is 0 Å². The lowest BCUT2D eigenvalue weighted by atomic mass is 9.88. The van der Waals surface area contributed by atoms with Crippen molar-refractivity contribution in [2.75, 3.05) is 18.4 Å². The number of thiazole rings is 1. The Morgan fingerprint density at radius 2 is 1.86 bits per heavy atom. The van der Waals surface area contributed by atoms with Crippen molar-refractivity contribution in [2.24, 2.45) is 11.8 Å². The zero-order valence-electron chi connectivity index (χ0n) is 20.4. The summed E-state index contributed by atoms with van der Waals surface area (Å²) < 4.78 is 5.16. The molecule has 3 aromatic rings. The van der Waals surface area contributed by atoms with Gasteiger partial charge in [-0.15, -0.1) is 11.3 Å². The Morgan fingerprint density at radius 3 is 2.49 bits per heavy atom. The first-order chi connectivity index (χ1) is 16.8. The highest BCUT2D eigenvalue weighted by molar-refractivity contribution is 7.14. The van der Waals surface area contributed by atoms with Gasteiger partial charge in [0.25, 0.3) is 5.91 Å². The molecular weight excluding hydrogens is 462 g/mol. The molecule has 2 amide bonds. The van der Waals surface area contributed by atoms with E-state index in [2.05, 4.69) is 24.1 Å². The van der Waals surface area contributed by atoms with E-state index in [0.717, 1.165) is 12.0 Å². The van der Waals surface area contributed by atoms with Gasteiger partial charge in [-0.3, -0.25) is 19.7 Å². The predicted molar refractivity (Wildman–Crippen MR) is 136 cm³/mol. The number of Topliss-reactive ketones (excluding diaryl/α,β-unsaturated/α-hetero) is 1. The Balaban J connectivity index is 1.26. The SMILES string of the molecule is Cc1occc1C(=O)Nc1nc(CC(=O)N2CCC(C(=O)c3ccc(CC(C)C)cc3)CC2)cs1. The average molecular weight is 494 g/mol. The predicted octanol–water partition coefficient (Wildman–Crippen LogP) is 5.16. The summed E-state index contributed by atoms with van der Waals surface area (Å²) in [6.45, 7) is 7.22. The molecule has 0 unspecified atom stereocenters. The molecule has 1 fully saturated rings. The highest BCUT2D eigenvalue weighted by Gasteiger charge is 2.28. The second-order valence-electron chi connectivity index (χ2n) is 9.48. The third-order valence-electron chi connectivity index (χ3n) is 6.31. The van der Waals surface area contributed by atoms with Crippen LogP contribution in [0.25, 0.3) is 0 Å². The maximum absolute atomic E-state index is 12.9. The van der Waals surface area contributed by atoms with Gasteiger partial charge in [0.05, 0.1) is 23.9 Å². The fourth-order valence-corrected chi connectivity index (χ4v) is 5.11. The maximum Gasteiger partial charge on any atom is 0.260 e. The second-order valence-corrected chi connectivity index (χ2v) is 10.3. The number of likely N-dealkylation sites (tertiary alicyclic amines) is 1. The lowest BCUT2D eigenvalue weighted by Crippen LogP contribution is -2.41. The minimum Gasteiger partial charge on any atom is -0.469 e. The van der Waals surface area contributed by atoms with Crippen LogP contribution >= 0.6 is 11.3 Å². The van der Waals surface area contributed by atoms with Crippen LogP contribution in [-0.2, 0) is 17.6 Å². The first-order valence-electron chi connectivity index (χ1n) is 12.0. The number of aryl methyl sites for hydroxylation is 1. The Bertz CT molecular complexity index is 1190. The molecule has 1 N–H and O–H groups in total. The number of piperidine rings is 1. The number of furan rings is 1. The monoisotopic (exact) mass is 493 g/mol. The summed E-state index contributed by atoms with van der Waals surface area (Å²) >= 11 is 1.29. The number of aromatic nitrogens is 1. The van der Waals surface area contributed by atoms with Gasteiger partial charge in [-0.1, -0.05) is 38.1 Å². The fraction of sp³-hybridized carbons (Fsp3) is 0.407. The molecule has 4 rings (SSSR count). The van der Waals surface area contributed by atoms with Crippen LogP contribution in [0.15, 0.2) is 46.4 Å². The van der Waals surface area contributed by atoms with Crippen molar-refractivity contribution in [1.82, 2.24) is 9.88 Å².